The van der Waals surface area contributed by atoms with E-state index >= 15 is 0 Å². The number of primary amides is 1. The first kappa shape index (κ1) is 26.9. The molecule has 2 aliphatic heterocycles. The van der Waals surface area contributed by atoms with Crippen LogP contribution in [-0.4, -0.2) is 52.6 Å². The average molecular weight is 570 g/mol. The highest BCUT2D eigenvalue weighted by atomic mass is 16.5. The number of hydrogen-bond acceptors (Lipinski definition) is 8. The maximum Gasteiger partial charge on any atom is 0.314 e. The molecule has 3 aliphatic rings. The molecular weight excluding hydrogens is 542 g/mol. The van der Waals surface area contributed by atoms with Gasteiger partial charge in [0.2, 0.25) is 0 Å². The number of methoxy groups -OCH3 is 1. The number of nitrogens with one attached hydrogen (secondary N) is 1. The number of imide groups is 1. The van der Waals surface area contributed by atoms with Gasteiger partial charge in [-0.25, -0.2) is 4.98 Å². The third-order valence-corrected chi connectivity index (χ3v) is 7.69. The summed E-state index contributed by atoms with van der Waals surface area (Å²) in [7, 11) is 1.58. The molecule has 3 N–H and O–H groups in total. The van der Waals surface area contributed by atoms with Gasteiger partial charge in [0.25, 0.3) is 17.7 Å². The molecule has 1 aliphatic carbocycles. The van der Waals surface area contributed by atoms with Gasteiger partial charge in [0, 0.05) is 23.5 Å². The third kappa shape index (κ3) is 4.80. The Kier molecular flexibility index (Phi) is 6.81. The molecule has 2 aromatic carbocycles. The lowest BCUT2D eigenvalue weighted by atomic mass is 10.1. The standard InChI is InChI=1S/C30H27N5O7/c1-41-23-9-8-18(11-24(23)42-19-4-2-3-5-19)34-15-17-7-6-16(10-20(17)28(34)38)14-35-29(39)21-12-25(33-27(37)26(31)36)32-13-22(21)30(35)40/h6-13,19H,2-5,14-15H2,1H3,(H2,31,36)(H,32,33,37). The molecule has 0 unspecified atom stereocenters. The van der Waals surface area contributed by atoms with Gasteiger partial charge in [-0.1, -0.05) is 12.1 Å². The SMILES string of the molecule is COc1ccc(N2Cc3ccc(CN4C(=O)c5cnc(NC(=O)C(N)=O)cc5C4=O)cc3C2=O)cc1OC1CCCC1. The van der Waals surface area contributed by atoms with Gasteiger partial charge < -0.3 is 25.4 Å². The molecule has 0 bridgehead atoms. The number of aromatic nitrogens is 1. The van der Waals surface area contributed by atoms with E-state index in [-0.39, 0.29) is 35.5 Å². The number of fused-ring (bicyclic) bond motifs is 2. The summed E-state index contributed by atoms with van der Waals surface area (Å²) in [6, 6.07) is 11.9. The van der Waals surface area contributed by atoms with Crippen LogP contribution in [-0.2, 0) is 22.7 Å². The van der Waals surface area contributed by atoms with Crippen LogP contribution in [0.15, 0.2) is 48.7 Å². The van der Waals surface area contributed by atoms with Crippen molar-refractivity contribution in [2.24, 2.45) is 5.73 Å². The quantitative estimate of drug-likeness (QED) is 0.324. The predicted molar refractivity (Wildman–Crippen MR) is 149 cm³/mol. The number of amides is 5. The van der Waals surface area contributed by atoms with Crippen molar-refractivity contribution in [2.75, 3.05) is 17.3 Å². The number of rotatable bonds is 7. The molecule has 12 heteroatoms. The topological polar surface area (TPSA) is 161 Å². The number of carbonyl (C=O) groups excluding carboxylic acids is 5. The molecule has 42 heavy (non-hydrogen) atoms. The van der Waals surface area contributed by atoms with Crippen molar-refractivity contribution in [2.45, 2.75) is 44.9 Å². The Morgan fingerprint density at radius 2 is 1.71 bits per heavy atom. The van der Waals surface area contributed by atoms with E-state index in [1.807, 2.05) is 18.2 Å². The van der Waals surface area contributed by atoms with Crippen LogP contribution >= 0.6 is 0 Å². The summed E-state index contributed by atoms with van der Waals surface area (Å²) in [5, 5.41) is 2.19. The summed E-state index contributed by atoms with van der Waals surface area (Å²) in [6.45, 7) is 0.292. The van der Waals surface area contributed by atoms with E-state index in [4.69, 9.17) is 15.2 Å². The molecular formula is C30H27N5O7. The second-order valence-electron chi connectivity index (χ2n) is 10.4. The van der Waals surface area contributed by atoms with Crippen LogP contribution in [0.1, 0.15) is 67.9 Å². The van der Waals surface area contributed by atoms with Gasteiger partial charge in [0.05, 0.1) is 37.4 Å². The van der Waals surface area contributed by atoms with Crippen LogP contribution in [0, 0.1) is 0 Å². The van der Waals surface area contributed by atoms with Crippen LogP contribution in [0.25, 0.3) is 0 Å². The molecule has 0 atom stereocenters. The third-order valence-electron chi connectivity index (χ3n) is 7.69. The number of hydrogen-bond donors (Lipinski definition) is 2. The van der Waals surface area contributed by atoms with E-state index in [2.05, 4.69) is 10.3 Å². The second kappa shape index (κ2) is 10.6. The summed E-state index contributed by atoms with van der Waals surface area (Å²) in [6.07, 6.45) is 5.52. The number of anilines is 2. The highest BCUT2D eigenvalue weighted by Crippen LogP contribution is 2.38. The Morgan fingerprint density at radius 3 is 2.45 bits per heavy atom. The van der Waals surface area contributed by atoms with Crippen LogP contribution in [0.2, 0.25) is 0 Å². The van der Waals surface area contributed by atoms with Gasteiger partial charge in [-0.2, -0.15) is 0 Å². The fourth-order valence-corrected chi connectivity index (χ4v) is 5.52. The summed E-state index contributed by atoms with van der Waals surface area (Å²) in [4.78, 5) is 68.9. The molecule has 214 valence electrons. The van der Waals surface area contributed by atoms with E-state index in [0.717, 1.165) is 42.3 Å². The highest BCUT2D eigenvalue weighted by molar-refractivity contribution is 6.39. The van der Waals surface area contributed by atoms with Crippen molar-refractivity contribution >= 4 is 41.0 Å². The largest absolute Gasteiger partial charge is 0.493 e. The molecule has 12 nitrogen and oxygen atoms in total. The Balaban J connectivity index is 1.19. The summed E-state index contributed by atoms with van der Waals surface area (Å²) >= 11 is 0. The zero-order chi connectivity index (χ0) is 29.5. The average Bonchev–Trinajstić information content (AvgIpc) is 3.67. The zero-order valence-electron chi connectivity index (χ0n) is 22.7. The lowest BCUT2D eigenvalue weighted by Crippen LogP contribution is -2.30. The van der Waals surface area contributed by atoms with E-state index in [1.54, 1.807) is 30.2 Å². The number of benzene rings is 2. The minimum absolute atomic E-state index is 0.0355. The van der Waals surface area contributed by atoms with Gasteiger partial charge in [-0.3, -0.25) is 28.9 Å². The number of nitrogens with zero attached hydrogens (tertiary/aromatic N) is 3. The lowest BCUT2D eigenvalue weighted by Gasteiger charge is -2.20. The van der Waals surface area contributed by atoms with Gasteiger partial charge in [0.15, 0.2) is 11.5 Å². The normalized spacial score (nSPS) is 16.1. The molecule has 6 rings (SSSR count). The zero-order valence-corrected chi connectivity index (χ0v) is 22.7. The van der Waals surface area contributed by atoms with Crippen molar-refractivity contribution in [3.63, 3.8) is 0 Å². The number of nitrogens with two attached hydrogens (primary N) is 1. The summed E-state index contributed by atoms with van der Waals surface area (Å²) in [5.41, 5.74) is 7.62. The summed E-state index contributed by atoms with van der Waals surface area (Å²) < 4.78 is 11.7. The molecule has 0 spiro atoms. The fraction of sp³-hybridized carbons (Fsp3) is 0.267. The second-order valence-corrected chi connectivity index (χ2v) is 10.4. The Morgan fingerprint density at radius 1 is 0.952 bits per heavy atom. The molecule has 5 amide bonds. The number of pyridine rings is 1. The smallest absolute Gasteiger partial charge is 0.314 e. The fourth-order valence-electron chi connectivity index (χ4n) is 5.52. The molecule has 1 fully saturated rings. The molecule has 0 radical (unpaired) electrons. The first-order chi connectivity index (χ1) is 20.2. The molecule has 1 saturated carbocycles. The van der Waals surface area contributed by atoms with E-state index < -0.39 is 23.6 Å². The molecule has 3 heterocycles. The first-order valence-electron chi connectivity index (χ1n) is 13.5. The van der Waals surface area contributed by atoms with Crippen molar-refractivity contribution in [1.82, 2.24) is 9.88 Å². The molecule has 3 aromatic rings. The number of carbonyl (C=O) groups is 5. The minimum atomic E-state index is -1.21. The maximum absolute atomic E-state index is 13.5. The first-order valence-corrected chi connectivity index (χ1v) is 13.5. The minimum Gasteiger partial charge on any atom is -0.493 e. The van der Waals surface area contributed by atoms with Gasteiger partial charge >= 0.3 is 11.8 Å². The van der Waals surface area contributed by atoms with E-state index in [1.165, 1.54) is 6.07 Å². The van der Waals surface area contributed by atoms with Gasteiger partial charge in [-0.05, 0) is 61.1 Å². The summed E-state index contributed by atoms with van der Waals surface area (Å²) in [5.74, 6) is -2.54. The van der Waals surface area contributed by atoms with Crippen LogP contribution in [0.5, 0.6) is 11.5 Å². The Hall–Kier alpha value is -5.26. The lowest BCUT2D eigenvalue weighted by molar-refractivity contribution is -0.134. The predicted octanol–water partition coefficient (Wildman–Crippen LogP) is 2.79. The Labute approximate surface area is 240 Å². The van der Waals surface area contributed by atoms with Crippen molar-refractivity contribution in [3.05, 3.63) is 76.5 Å². The Bertz CT molecular complexity index is 1660. The van der Waals surface area contributed by atoms with Crippen molar-refractivity contribution in [3.8, 4) is 11.5 Å². The van der Waals surface area contributed by atoms with Crippen molar-refractivity contribution in [1.29, 1.82) is 0 Å². The van der Waals surface area contributed by atoms with Crippen molar-refractivity contribution < 1.29 is 33.4 Å². The van der Waals surface area contributed by atoms with E-state index in [0.29, 0.717) is 34.9 Å². The monoisotopic (exact) mass is 569 g/mol. The van der Waals surface area contributed by atoms with Gasteiger partial charge in [0.1, 0.15) is 5.82 Å². The van der Waals surface area contributed by atoms with E-state index in [9.17, 15) is 24.0 Å². The van der Waals surface area contributed by atoms with Crippen LogP contribution in [0.4, 0.5) is 11.5 Å². The maximum atomic E-state index is 13.5. The van der Waals surface area contributed by atoms with Crippen LogP contribution < -0.4 is 25.4 Å². The van der Waals surface area contributed by atoms with Gasteiger partial charge in [-0.15, -0.1) is 0 Å². The molecule has 1 aromatic heterocycles. The van der Waals surface area contributed by atoms with Crippen LogP contribution in [0.3, 0.4) is 0 Å². The highest BCUT2D eigenvalue weighted by Gasteiger charge is 2.37. The number of ether oxygens (including phenoxy) is 2. The molecule has 0 saturated heterocycles.